The number of thiocarbonyl (C=S) groups is 1. The van der Waals surface area contributed by atoms with Crippen molar-refractivity contribution in [2.45, 2.75) is 26.4 Å². The monoisotopic (exact) mass is 463 g/mol. The molecule has 0 saturated carbocycles. The van der Waals surface area contributed by atoms with Gasteiger partial charge in [0.05, 0.1) is 6.10 Å². The number of anilines is 1. The molecule has 0 aliphatic heterocycles. The number of amides is 1. The maximum atomic E-state index is 13.1. The fourth-order valence-corrected chi connectivity index (χ4v) is 3.27. The van der Waals surface area contributed by atoms with Crippen molar-refractivity contribution in [3.05, 3.63) is 78.1 Å². The van der Waals surface area contributed by atoms with E-state index >= 15 is 0 Å². The molecule has 0 bridgehead atoms. The summed E-state index contributed by atoms with van der Waals surface area (Å²) in [6.07, 6.45) is 1.01. The minimum absolute atomic E-state index is 0.107. The number of ether oxygens (including phenoxy) is 1. The molecule has 1 aromatic heterocycles. The first-order valence-electron chi connectivity index (χ1n) is 10.5. The topological polar surface area (TPSA) is 76.4 Å². The highest BCUT2D eigenvalue weighted by Gasteiger charge is 2.12. The number of carbonyl (C=O) groups is 1. The summed E-state index contributed by atoms with van der Waals surface area (Å²) in [4.78, 5) is 17.0. The highest BCUT2D eigenvalue weighted by Crippen LogP contribution is 2.26. The van der Waals surface area contributed by atoms with Gasteiger partial charge in [-0.1, -0.05) is 6.92 Å². The average Bonchev–Trinajstić information content (AvgIpc) is 3.23. The predicted octanol–water partition coefficient (Wildman–Crippen LogP) is 5.94. The lowest BCUT2D eigenvalue weighted by atomic mass is 10.2. The van der Waals surface area contributed by atoms with Gasteiger partial charge in [0.25, 0.3) is 5.91 Å². The van der Waals surface area contributed by atoms with Crippen LogP contribution in [0.2, 0.25) is 0 Å². The number of fused-ring (bicyclic) bond motifs is 1. The molecule has 4 aromatic rings. The number of aromatic nitrogens is 1. The van der Waals surface area contributed by atoms with E-state index in [1.807, 2.05) is 13.8 Å². The lowest BCUT2D eigenvalue weighted by Crippen LogP contribution is -2.34. The fourth-order valence-electron chi connectivity index (χ4n) is 3.06. The first-order valence-corrected chi connectivity index (χ1v) is 10.9. The Morgan fingerprint density at radius 3 is 2.55 bits per heavy atom. The van der Waals surface area contributed by atoms with E-state index < -0.39 is 0 Å². The standard InChI is InChI=1S/C25H22FN3O3S/c1-3-15(2)31-20-11-6-16(7-12-20)23(30)29-25(33)27-19-10-13-22-21(14-19)28-24(32-22)17-4-8-18(26)9-5-17/h4-15H,3H2,1-2H3,(H2,27,29,30,33). The molecule has 1 amide bonds. The van der Waals surface area contributed by atoms with Crippen LogP contribution in [0.3, 0.4) is 0 Å². The molecule has 2 N–H and O–H groups in total. The molecule has 8 heteroatoms. The Morgan fingerprint density at radius 2 is 1.85 bits per heavy atom. The molecule has 4 rings (SSSR count). The Balaban J connectivity index is 1.40. The van der Waals surface area contributed by atoms with Crippen LogP contribution in [0.15, 0.2) is 71.1 Å². The molecule has 1 heterocycles. The number of nitrogens with one attached hydrogen (secondary N) is 2. The zero-order chi connectivity index (χ0) is 23.4. The molecule has 0 saturated heterocycles. The van der Waals surface area contributed by atoms with Gasteiger partial charge < -0.3 is 14.5 Å². The second kappa shape index (κ2) is 9.79. The summed E-state index contributed by atoms with van der Waals surface area (Å²) in [7, 11) is 0. The van der Waals surface area contributed by atoms with E-state index in [0.29, 0.717) is 39.6 Å². The Kier molecular flexibility index (Phi) is 6.65. The molecular weight excluding hydrogens is 441 g/mol. The molecule has 0 aliphatic rings. The van der Waals surface area contributed by atoms with Gasteiger partial charge in [0.15, 0.2) is 10.7 Å². The molecule has 0 fully saturated rings. The molecular formula is C25H22FN3O3S. The van der Waals surface area contributed by atoms with Crippen LogP contribution in [-0.4, -0.2) is 22.1 Å². The summed E-state index contributed by atoms with van der Waals surface area (Å²) in [5, 5.41) is 5.80. The molecule has 1 atom stereocenters. The summed E-state index contributed by atoms with van der Waals surface area (Å²) >= 11 is 5.28. The minimum Gasteiger partial charge on any atom is -0.491 e. The lowest BCUT2D eigenvalue weighted by Gasteiger charge is -2.13. The summed E-state index contributed by atoms with van der Waals surface area (Å²) in [6.45, 7) is 4.04. The number of halogens is 1. The maximum absolute atomic E-state index is 13.1. The SMILES string of the molecule is CCC(C)Oc1ccc(C(=O)NC(=S)Nc2ccc3oc(-c4ccc(F)cc4)nc3c2)cc1. The molecule has 33 heavy (non-hydrogen) atoms. The summed E-state index contributed by atoms with van der Waals surface area (Å²) in [5.41, 5.74) is 2.96. The van der Waals surface area contributed by atoms with Crippen LogP contribution in [0.5, 0.6) is 5.75 Å². The quantitative estimate of drug-likeness (QED) is 0.345. The van der Waals surface area contributed by atoms with Gasteiger partial charge in [-0.15, -0.1) is 0 Å². The normalized spacial score (nSPS) is 11.7. The van der Waals surface area contributed by atoms with Gasteiger partial charge >= 0.3 is 0 Å². The first-order chi connectivity index (χ1) is 15.9. The van der Waals surface area contributed by atoms with Crippen molar-refractivity contribution < 1.29 is 18.3 Å². The lowest BCUT2D eigenvalue weighted by molar-refractivity contribution is 0.0977. The van der Waals surface area contributed by atoms with Crippen LogP contribution in [0, 0.1) is 5.82 Å². The Hall–Kier alpha value is -3.78. The van der Waals surface area contributed by atoms with Crippen molar-refractivity contribution in [3.63, 3.8) is 0 Å². The summed E-state index contributed by atoms with van der Waals surface area (Å²) in [6, 6.07) is 18.1. The number of hydrogen-bond donors (Lipinski definition) is 2. The van der Waals surface area contributed by atoms with Gasteiger partial charge in [0.1, 0.15) is 17.1 Å². The predicted molar refractivity (Wildman–Crippen MR) is 130 cm³/mol. The largest absolute Gasteiger partial charge is 0.491 e. The Labute approximate surface area is 195 Å². The number of rotatable bonds is 6. The van der Waals surface area contributed by atoms with Gasteiger partial charge in [0, 0.05) is 16.8 Å². The number of oxazole rings is 1. The van der Waals surface area contributed by atoms with Gasteiger partial charge in [0.2, 0.25) is 5.89 Å². The third-order valence-corrected chi connectivity index (χ3v) is 5.20. The van der Waals surface area contributed by atoms with Gasteiger partial charge in [-0.3, -0.25) is 10.1 Å². The van der Waals surface area contributed by atoms with E-state index in [1.165, 1.54) is 12.1 Å². The maximum Gasteiger partial charge on any atom is 0.257 e. The highest BCUT2D eigenvalue weighted by molar-refractivity contribution is 7.80. The zero-order valence-corrected chi connectivity index (χ0v) is 18.9. The third-order valence-electron chi connectivity index (χ3n) is 4.99. The molecule has 1 unspecified atom stereocenters. The van der Waals surface area contributed by atoms with Crippen LogP contribution >= 0.6 is 12.2 Å². The molecule has 6 nitrogen and oxygen atoms in total. The first kappa shape index (κ1) is 22.4. The van der Waals surface area contributed by atoms with Gasteiger partial charge in [-0.05, 0) is 92.3 Å². The van der Waals surface area contributed by atoms with Crippen LogP contribution in [0.1, 0.15) is 30.6 Å². The number of carbonyl (C=O) groups excluding carboxylic acids is 1. The Morgan fingerprint density at radius 1 is 1.12 bits per heavy atom. The smallest absolute Gasteiger partial charge is 0.257 e. The van der Waals surface area contributed by atoms with E-state index in [0.717, 1.165) is 6.42 Å². The number of nitrogens with zero attached hydrogens (tertiary/aromatic N) is 1. The molecule has 0 spiro atoms. The molecule has 0 aliphatic carbocycles. The van der Waals surface area contributed by atoms with E-state index in [4.69, 9.17) is 21.4 Å². The second-order valence-electron chi connectivity index (χ2n) is 7.48. The van der Waals surface area contributed by atoms with Gasteiger partial charge in [-0.2, -0.15) is 0 Å². The summed E-state index contributed by atoms with van der Waals surface area (Å²) in [5.74, 6) is 0.442. The van der Waals surface area contributed by atoms with Crippen molar-refractivity contribution in [3.8, 4) is 17.2 Å². The van der Waals surface area contributed by atoms with E-state index in [2.05, 4.69) is 15.6 Å². The van der Waals surface area contributed by atoms with E-state index in [1.54, 1.807) is 54.6 Å². The van der Waals surface area contributed by atoms with Crippen LogP contribution in [0.25, 0.3) is 22.6 Å². The second-order valence-corrected chi connectivity index (χ2v) is 7.89. The van der Waals surface area contributed by atoms with Gasteiger partial charge in [-0.25, -0.2) is 9.37 Å². The van der Waals surface area contributed by atoms with Crippen LogP contribution in [0.4, 0.5) is 10.1 Å². The highest BCUT2D eigenvalue weighted by atomic mass is 32.1. The van der Waals surface area contributed by atoms with E-state index in [9.17, 15) is 9.18 Å². The fraction of sp³-hybridized carbons (Fsp3) is 0.160. The molecule has 3 aromatic carbocycles. The van der Waals surface area contributed by atoms with Crippen molar-refractivity contribution >= 4 is 40.0 Å². The van der Waals surface area contributed by atoms with Crippen molar-refractivity contribution in [1.29, 1.82) is 0 Å². The zero-order valence-electron chi connectivity index (χ0n) is 18.1. The van der Waals surface area contributed by atoms with Crippen molar-refractivity contribution in [2.24, 2.45) is 0 Å². The average molecular weight is 464 g/mol. The third kappa shape index (κ3) is 5.53. The van der Waals surface area contributed by atoms with Crippen LogP contribution < -0.4 is 15.4 Å². The molecule has 168 valence electrons. The van der Waals surface area contributed by atoms with Crippen molar-refractivity contribution in [2.75, 3.05) is 5.32 Å². The minimum atomic E-state index is -0.330. The Bertz CT molecular complexity index is 1290. The van der Waals surface area contributed by atoms with Crippen LogP contribution in [-0.2, 0) is 0 Å². The molecule has 0 radical (unpaired) electrons. The van der Waals surface area contributed by atoms with Crippen molar-refractivity contribution in [1.82, 2.24) is 10.3 Å². The number of hydrogen-bond acceptors (Lipinski definition) is 5. The summed E-state index contributed by atoms with van der Waals surface area (Å²) < 4.78 is 24.6. The number of benzene rings is 3. The van der Waals surface area contributed by atoms with E-state index in [-0.39, 0.29) is 22.9 Å².